The van der Waals surface area contributed by atoms with Crippen molar-refractivity contribution in [3.8, 4) is 0 Å². The van der Waals surface area contributed by atoms with E-state index in [1.54, 1.807) is 0 Å². The zero-order valence-electron chi connectivity index (χ0n) is 12.1. The van der Waals surface area contributed by atoms with Crippen LogP contribution in [0, 0.1) is 0 Å². The fourth-order valence-electron chi connectivity index (χ4n) is 2.54. The van der Waals surface area contributed by atoms with Gasteiger partial charge in [0, 0.05) is 32.3 Å². The van der Waals surface area contributed by atoms with Crippen LogP contribution in [0.15, 0.2) is 0 Å². The summed E-state index contributed by atoms with van der Waals surface area (Å²) < 4.78 is 10.5. The first kappa shape index (κ1) is 14.8. The normalized spacial score (nSPS) is 26.7. The van der Waals surface area contributed by atoms with Crippen molar-refractivity contribution in [3.63, 3.8) is 0 Å². The minimum Gasteiger partial charge on any atom is -0.468 e. The van der Waals surface area contributed by atoms with Gasteiger partial charge >= 0.3 is 5.97 Å². The van der Waals surface area contributed by atoms with Crippen LogP contribution < -0.4 is 5.32 Å². The number of ether oxygens (including phenoxy) is 2. The van der Waals surface area contributed by atoms with Gasteiger partial charge in [-0.2, -0.15) is 0 Å². The molecule has 1 N–H and O–H groups in total. The van der Waals surface area contributed by atoms with Crippen LogP contribution in [0.25, 0.3) is 0 Å². The summed E-state index contributed by atoms with van der Waals surface area (Å²) in [5, 5.41) is 3.38. The van der Waals surface area contributed by atoms with Gasteiger partial charge in [-0.3, -0.25) is 4.79 Å². The third-order valence-electron chi connectivity index (χ3n) is 3.77. The molecule has 2 fully saturated rings. The van der Waals surface area contributed by atoms with Gasteiger partial charge in [-0.1, -0.05) is 0 Å². The fraction of sp³-hybridized carbons (Fsp3) is 0.929. The van der Waals surface area contributed by atoms with E-state index >= 15 is 0 Å². The van der Waals surface area contributed by atoms with Gasteiger partial charge in [-0.25, -0.2) is 0 Å². The van der Waals surface area contributed by atoms with E-state index in [1.165, 1.54) is 20.0 Å². The molecule has 0 aromatic rings. The van der Waals surface area contributed by atoms with E-state index in [0.717, 1.165) is 39.1 Å². The van der Waals surface area contributed by atoms with Crippen LogP contribution in [0.5, 0.6) is 0 Å². The Bertz CT molecular complexity index is 294. The average molecular weight is 270 g/mol. The van der Waals surface area contributed by atoms with Crippen molar-refractivity contribution in [1.29, 1.82) is 0 Å². The minimum absolute atomic E-state index is 0.133. The van der Waals surface area contributed by atoms with Crippen LogP contribution in [0.4, 0.5) is 0 Å². The molecular weight excluding hydrogens is 244 g/mol. The Labute approximate surface area is 115 Å². The Morgan fingerprint density at radius 3 is 3.00 bits per heavy atom. The van der Waals surface area contributed by atoms with Crippen LogP contribution in [0.1, 0.15) is 32.6 Å². The average Bonchev–Trinajstić information content (AvgIpc) is 3.22. The number of hydrogen-bond acceptors (Lipinski definition) is 5. The Hall–Kier alpha value is -0.650. The van der Waals surface area contributed by atoms with Crippen LogP contribution >= 0.6 is 0 Å². The van der Waals surface area contributed by atoms with Gasteiger partial charge in [0.1, 0.15) is 6.04 Å². The molecule has 2 rings (SSSR count). The predicted octanol–water partition coefficient (Wildman–Crippen LogP) is 0.781. The zero-order valence-corrected chi connectivity index (χ0v) is 12.1. The summed E-state index contributed by atoms with van der Waals surface area (Å²) in [7, 11) is 1.46. The second-order valence-electron chi connectivity index (χ2n) is 5.64. The summed E-state index contributed by atoms with van der Waals surface area (Å²) in [5.41, 5.74) is 0. The van der Waals surface area contributed by atoms with Gasteiger partial charge in [-0.15, -0.1) is 0 Å². The molecule has 1 heterocycles. The van der Waals surface area contributed by atoms with E-state index < -0.39 is 0 Å². The maximum absolute atomic E-state index is 11.8. The van der Waals surface area contributed by atoms with Gasteiger partial charge in [-0.05, 0) is 32.6 Å². The highest BCUT2D eigenvalue weighted by molar-refractivity contribution is 5.75. The molecule has 2 unspecified atom stereocenters. The lowest BCUT2D eigenvalue weighted by Gasteiger charge is -2.24. The summed E-state index contributed by atoms with van der Waals surface area (Å²) in [4.78, 5) is 14.1. The molecule has 0 aromatic carbocycles. The minimum atomic E-state index is -0.156. The molecule has 0 aromatic heterocycles. The van der Waals surface area contributed by atoms with Gasteiger partial charge in [0.15, 0.2) is 0 Å². The highest BCUT2D eigenvalue weighted by Crippen LogP contribution is 2.20. The van der Waals surface area contributed by atoms with Crippen molar-refractivity contribution < 1.29 is 14.3 Å². The molecule has 110 valence electrons. The second-order valence-corrected chi connectivity index (χ2v) is 5.64. The monoisotopic (exact) mass is 270 g/mol. The van der Waals surface area contributed by atoms with E-state index in [4.69, 9.17) is 9.47 Å². The highest BCUT2D eigenvalue weighted by Gasteiger charge is 2.29. The fourth-order valence-corrected chi connectivity index (χ4v) is 2.54. The first-order chi connectivity index (χ1) is 9.19. The summed E-state index contributed by atoms with van der Waals surface area (Å²) in [6, 6.07) is 0.368. The third-order valence-corrected chi connectivity index (χ3v) is 3.77. The molecule has 2 aliphatic rings. The summed E-state index contributed by atoms with van der Waals surface area (Å²) >= 11 is 0. The lowest BCUT2D eigenvalue weighted by molar-refractivity contribution is -0.143. The molecule has 5 heteroatoms. The second kappa shape index (κ2) is 7.22. The molecule has 0 radical (unpaired) electrons. The standard InChI is InChI=1S/C14H26N2O3/c1-11-10-16(7-3-9-19-11)8-6-13(14(17)18-2)15-12-4-5-12/h11-13,15H,3-10H2,1-2H3. The first-order valence-electron chi connectivity index (χ1n) is 7.37. The Kier molecular flexibility index (Phi) is 5.60. The molecule has 0 bridgehead atoms. The SMILES string of the molecule is COC(=O)C(CCN1CCCOC(C)C1)NC1CC1. The Balaban J connectivity index is 1.77. The predicted molar refractivity (Wildman–Crippen MR) is 73.0 cm³/mol. The number of nitrogens with one attached hydrogen (secondary N) is 1. The van der Waals surface area contributed by atoms with E-state index in [2.05, 4.69) is 17.1 Å². The van der Waals surface area contributed by atoms with Crippen LogP contribution in [-0.2, 0) is 14.3 Å². The first-order valence-corrected chi connectivity index (χ1v) is 7.37. The molecule has 2 atom stereocenters. The van der Waals surface area contributed by atoms with E-state index in [-0.39, 0.29) is 18.1 Å². The van der Waals surface area contributed by atoms with E-state index in [9.17, 15) is 4.79 Å². The number of nitrogens with zero attached hydrogens (tertiary/aromatic N) is 1. The van der Waals surface area contributed by atoms with Gasteiger partial charge in [0.2, 0.25) is 0 Å². The molecule has 1 saturated heterocycles. The number of carbonyl (C=O) groups is 1. The third kappa shape index (κ3) is 5.09. The van der Waals surface area contributed by atoms with Crippen molar-refractivity contribution in [2.75, 3.05) is 33.4 Å². The van der Waals surface area contributed by atoms with E-state index in [0.29, 0.717) is 6.04 Å². The van der Waals surface area contributed by atoms with Crippen LogP contribution in [0.3, 0.4) is 0 Å². The van der Waals surface area contributed by atoms with Crippen molar-refractivity contribution >= 4 is 5.97 Å². The van der Waals surface area contributed by atoms with Crippen molar-refractivity contribution in [1.82, 2.24) is 10.2 Å². The summed E-state index contributed by atoms with van der Waals surface area (Å²) in [6.07, 6.45) is 4.54. The molecule has 0 spiro atoms. The Morgan fingerprint density at radius 1 is 1.53 bits per heavy atom. The Morgan fingerprint density at radius 2 is 2.32 bits per heavy atom. The van der Waals surface area contributed by atoms with Crippen molar-refractivity contribution in [2.45, 2.75) is 50.8 Å². The van der Waals surface area contributed by atoms with Crippen LogP contribution in [0.2, 0.25) is 0 Å². The number of hydrogen-bond donors (Lipinski definition) is 1. The molecule has 0 amide bonds. The zero-order chi connectivity index (χ0) is 13.7. The molecule has 19 heavy (non-hydrogen) atoms. The van der Waals surface area contributed by atoms with Crippen molar-refractivity contribution in [2.24, 2.45) is 0 Å². The molecule has 1 aliphatic heterocycles. The highest BCUT2D eigenvalue weighted by atomic mass is 16.5. The quantitative estimate of drug-likeness (QED) is 0.723. The van der Waals surface area contributed by atoms with Crippen molar-refractivity contribution in [3.05, 3.63) is 0 Å². The number of esters is 1. The lowest BCUT2D eigenvalue weighted by atomic mass is 10.2. The maximum Gasteiger partial charge on any atom is 0.322 e. The molecule has 1 saturated carbocycles. The van der Waals surface area contributed by atoms with Gasteiger partial charge in [0.25, 0.3) is 0 Å². The molecule has 5 nitrogen and oxygen atoms in total. The summed E-state index contributed by atoms with van der Waals surface area (Å²) in [6.45, 7) is 5.89. The van der Waals surface area contributed by atoms with Gasteiger partial charge in [0.05, 0.1) is 13.2 Å². The lowest BCUT2D eigenvalue weighted by Crippen LogP contribution is -2.42. The van der Waals surface area contributed by atoms with Crippen LogP contribution in [-0.4, -0.2) is 62.4 Å². The van der Waals surface area contributed by atoms with Gasteiger partial charge < -0.3 is 19.7 Å². The molecule has 1 aliphatic carbocycles. The smallest absolute Gasteiger partial charge is 0.322 e. The number of methoxy groups -OCH3 is 1. The summed E-state index contributed by atoms with van der Waals surface area (Å²) in [5.74, 6) is -0.133. The molecular formula is C14H26N2O3. The number of rotatable bonds is 6. The largest absolute Gasteiger partial charge is 0.468 e. The maximum atomic E-state index is 11.8. The number of carbonyl (C=O) groups excluding carboxylic acids is 1. The topological polar surface area (TPSA) is 50.8 Å². The van der Waals surface area contributed by atoms with E-state index in [1.807, 2.05) is 0 Å².